The fourth-order valence-electron chi connectivity index (χ4n) is 1.56. The summed E-state index contributed by atoms with van der Waals surface area (Å²) in [5.74, 6) is -0.0525. The molecular formula is C16H13BrN6. The molecule has 7 heteroatoms. The lowest BCUT2D eigenvalue weighted by Gasteiger charge is -2.01. The van der Waals surface area contributed by atoms with Gasteiger partial charge in [-0.1, -0.05) is 40.2 Å². The zero-order valence-corrected chi connectivity index (χ0v) is 13.6. The molecule has 0 aliphatic rings. The summed E-state index contributed by atoms with van der Waals surface area (Å²) in [5.41, 5.74) is 7.36. The average molecular weight is 369 g/mol. The minimum Gasteiger partial charge on any atom is -0.266 e. The minimum absolute atomic E-state index is 0.0525. The standard InChI is InChI=1S/C16H13BrN6/c17-15-7-5-14(6-8-15)11-21-23-16(19)22-20-10-13-3-1-12(9-18)2-4-13/h1-8,10-11H,(H3,19,22,23). The van der Waals surface area contributed by atoms with Gasteiger partial charge in [0, 0.05) is 4.47 Å². The summed E-state index contributed by atoms with van der Waals surface area (Å²) in [6.07, 6.45) is 3.16. The van der Waals surface area contributed by atoms with Crippen molar-refractivity contribution in [3.8, 4) is 6.07 Å². The Hall–Kier alpha value is -2.98. The molecule has 0 saturated heterocycles. The molecule has 6 nitrogen and oxygen atoms in total. The molecule has 0 aliphatic carbocycles. The Kier molecular flexibility index (Phi) is 6.03. The molecule has 0 spiro atoms. The van der Waals surface area contributed by atoms with E-state index in [4.69, 9.17) is 10.7 Å². The van der Waals surface area contributed by atoms with Crippen molar-refractivity contribution in [2.75, 3.05) is 0 Å². The van der Waals surface area contributed by atoms with Crippen LogP contribution in [0.1, 0.15) is 16.7 Å². The Morgan fingerprint density at radius 3 is 1.91 bits per heavy atom. The number of halogens is 1. The van der Waals surface area contributed by atoms with Crippen LogP contribution in [0.25, 0.3) is 0 Å². The Labute approximate surface area is 142 Å². The highest BCUT2D eigenvalue weighted by atomic mass is 79.9. The van der Waals surface area contributed by atoms with Crippen molar-refractivity contribution in [3.63, 3.8) is 0 Å². The monoisotopic (exact) mass is 368 g/mol. The predicted molar refractivity (Wildman–Crippen MR) is 94.5 cm³/mol. The molecule has 0 aliphatic heterocycles. The maximum Gasteiger partial charge on any atom is 0.230 e. The molecule has 0 unspecified atom stereocenters. The molecule has 0 aromatic heterocycles. The SMILES string of the molecule is N#Cc1ccc(C=NNC(=N)NN=Cc2ccc(Br)cc2)cc1. The number of guanidine groups is 1. The topological polar surface area (TPSA) is 96.4 Å². The number of nitriles is 1. The lowest BCUT2D eigenvalue weighted by molar-refractivity contribution is 0.893. The number of hydrazone groups is 2. The van der Waals surface area contributed by atoms with Crippen molar-refractivity contribution in [2.24, 2.45) is 10.2 Å². The van der Waals surface area contributed by atoms with Gasteiger partial charge in [0.15, 0.2) is 0 Å². The lowest BCUT2D eigenvalue weighted by atomic mass is 10.2. The second-order valence-electron chi connectivity index (χ2n) is 4.40. The van der Waals surface area contributed by atoms with Crippen LogP contribution >= 0.6 is 15.9 Å². The van der Waals surface area contributed by atoms with E-state index >= 15 is 0 Å². The Morgan fingerprint density at radius 2 is 1.43 bits per heavy atom. The fourth-order valence-corrected chi connectivity index (χ4v) is 1.82. The highest BCUT2D eigenvalue weighted by molar-refractivity contribution is 9.10. The molecule has 2 aromatic rings. The van der Waals surface area contributed by atoms with E-state index in [-0.39, 0.29) is 5.96 Å². The summed E-state index contributed by atoms with van der Waals surface area (Å²) in [5, 5.41) is 24.2. The lowest BCUT2D eigenvalue weighted by Crippen LogP contribution is -2.29. The second-order valence-corrected chi connectivity index (χ2v) is 5.32. The number of nitrogens with one attached hydrogen (secondary N) is 3. The zero-order valence-electron chi connectivity index (χ0n) is 12.0. The normalized spacial score (nSPS) is 10.6. The third-order valence-electron chi connectivity index (χ3n) is 2.69. The first-order chi connectivity index (χ1) is 11.2. The molecule has 2 rings (SSSR count). The van der Waals surface area contributed by atoms with Gasteiger partial charge in [-0.15, -0.1) is 0 Å². The van der Waals surface area contributed by atoms with E-state index in [9.17, 15) is 0 Å². The summed E-state index contributed by atoms with van der Waals surface area (Å²) >= 11 is 3.36. The first-order valence-electron chi connectivity index (χ1n) is 6.60. The predicted octanol–water partition coefficient (Wildman–Crippen LogP) is 2.80. The molecule has 0 amide bonds. The number of nitrogens with zero attached hydrogens (tertiary/aromatic N) is 3. The summed E-state index contributed by atoms with van der Waals surface area (Å²) in [7, 11) is 0. The third kappa shape index (κ3) is 5.73. The fraction of sp³-hybridized carbons (Fsp3) is 0. The molecule has 114 valence electrons. The summed E-state index contributed by atoms with van der Waals surface area (Å²) < 4.78 is 0.995. The molecule has 23 heavy (non-hydrogen) atoms. The molecule has 0 bridgehead atoms. The van der Waals surface area contributed by atoms with Crippen LogP contribution < -0.4 is 10.9 Å². The van der Waals surface area contributed by atoms with E-state index in [0.29, 0.717) is 5.56 Å². The molecule has 2 aromatic carbocycles. The smallest absolute Gasteiger partial charge is 0.230 e. The van der Waals surface area contributed by atoms with Gasteiger partial charge in [0.1, 0.15) is 0 Å². The van der Waals surface area contributed by atoms with Crippen molar-refractivity contribution >= 4 is 34.3 Å². The van der Waals surface area contributed by atoms with Gasteiger partial charge in [-0.25, -0.2) is 10.9 Å². The van der Waals surface area contributed by atoms with E-state index in [1.54, 1.807) is 36.7 Å². The number of benzene rings is 2. The van der Waals surface area contributed by atoms with Crippen molar-refractivity contribution in [3.05, 3.63) is 69.7 Å². The molecule has 0 heterocycles. The molecular weight excluding hydrogens is 356 g/mol. The van der Waals surface area contributed by atoms with Crippen molar-refractivity contribution < 1.29 is 0 Å². The number of hydrogen-bond donors (Lipinski definition) is 3. The molecule has 3 N–H and O–H groups in total. The van der Waals surface area contributed by atoms with Crippen LogP contribution in [0.2, 0.25) is 0 Å². The third-order valence-corrected chi connectivity index (χ3v) is 3.22. The van der Waals surface area contributed by atoms with E-state index in [0.717, 1.165) is 15.6 Å². The Morgan fingerprint density at radius 1 is 0.957 bits per heavy atom. The van der Waals surface area contributed by atoms with E-state index in [2.05, 4.69) is 37.0 Å². The summed E-state index contributed by atoms with van der Waals surface area (Å²) in [6, 6.07) is 16.6. The van der Waals surface area contributed by atoms with Gasteiger partial charge in [0.05, 0.1) is 24.1 Å². The van der Waals surface area contributed by atoms with E-state index in [1.165, 1.54) is 0 Å². The van der Waals surface area contributed by atoms with Crippen LogP contribution in [0.15, 0.2) is 63.2 Å². The average Bonchev–Trinajstić information content (AvgIpc) is 2.57. The van der Waals surface area contributed by atoms with Crippen LogP contribution in [-0.4, -0.2) is 18.4 Å². The maximum atomic E-state index is 8.71. The first-order valence-corrected chi connectivity index (χ1v) is 7.39. The van der Waals surface area contributed by atoms with Crippen LogP contribution in [0, 0.1) is 16.7 Å². The van der Waals surface area contributed by atoms with Crippen LogP contribution in [0.4, 0.5) is 0 Å². The van der Waals surface area contributed by atoms with Gasteiger partial charge in [0.25, 0.3) is 0 Å². The maximum absolute atomic E-state index is 8.71. The quantitative estimate of drug-likeness (QED) is 0.439. The largest absolute Gasteiger partial charge is 0.266 e. The molecule has 0 atom stereocenters. The molecule has 0 radical (unpaired) electrons. The van der Waals surface area contributed by atoms with Crippen molar-refractivity contribution in [2.45, 2.75) is 0 Å². The molecule has 0 saturated carbocycles. The Balaban J connectivity index is 1.79. The van der Waals surface area contributed by atoms with Crippen molar-refractivity contribution in [1.29, 1.82) is 10.7 Å². The van der Waals surface area contributed by atoms with Gasteiger partial charge < -0.3 is 0 Å². The van der Waals surface area contributed by atoms with Gasteiger partial charge in [0.2, 0.25) is 5.96 Å². The van der Waals surface area contributed by atoms with Crippen LogP contribution in [-0.2, 0) is 0 Å². The number of hydrogen-bond acceptors (Lipinski definition) is 4. The van der Waals surface area contributed by atoms with Crippen molar-refractivity contribution in [1.82, 2.24) is 10.9 Å². The summed E-state index contributed by atoms with van der Waals surface area (Å²) in [6.45, 7) is 0. The molecule has 0 fully saturated rings. The van der Waals surface area contributed by atoms with E-state index < -0.39 is 0 Å². The second kappa shape index (κ2) is 8.46. The minimum atomic E-state index is -0.0525. The highest BCUT2D eigenvalue weighted by Gasteiger charge is 1.92. The zero-order chi connectivity index (χ0) is 16.5. The van der Waals surface area contributed by atoms with Gasteiger partial charge in [-0.2, -0.15) is 15.5 Å². The number of rotatable bonds is 4. The Bertz CT molecular complexity index is 757. The van der Waals surface area contributed by atoms with Gasteiger partial charge in [-0.3, -0.25) is 5.41 Å². The van der Waals surface area contributed by atoms with Gasteiger partial charge in [-0.05, 0) is 35.4 Å². The van der Waals surface area contributed by atoms with Crippen LogP contribution in [0.3, 0.4) is 0 Å². The van der Waals surface area contributed by atoms with E-state index in [1.807, 2.05) is 30.3 Å². The van der Waals surface area contributed by atoms with Gasteiger partial charge >= 0.3 is 0 Å². The van der Waals surface area contributed by atoms with Crippen LogP contribution in [0.5, 0.6) is 0 Å². The first kappa shape index (κ1) is 16.4. The highest BCUT2D eigenvalue weighted by Crippen LogP contribution is 2.08. The summed E-state index contributed by atoms with van der Waals surface area (Å²) in [4.78, 5) is 0.